The molecule has 5 heteroatoms. The fourth-order valence-electron chi connectivity index (χ4n) is 1.59. The van der Waals surface area contributed by atoms with Crippen LogP contribution in [0.3, 0.4) is 0 Å². The van der Waals surface area contributed by atoms with Crippen LogP contribution in [0, 0.1) is 0 Å². The van der Waals surface area contributed by atoms with Gasteiger partial charge in [-0.2, -0.15) is 0 Å². The van der Waals surface area contributed by atoms with E-state index < -0.39 is 5.97 Å². The van der Waals surface area contributed by atoms with Crippen molar-refractivity contribution in [1.29, 1.82) is 0 Å². The number of aromatic nitrogens is 1. The number of benzene rings is 1. The molecule has 0 N–H and O–H groups in total. The first-order chi connectivity index (χ1) is 9.74. The third-order valence-electron chi connectivity index (χ3n) is 2.50. The number of hydrogen-bond donors (Lipinski definition) is 0. The van der Waals surface area contributed by atoms with Crippen molar-refractivity contribution in [2.24, 2.45) is 0 Å². The lowest BCUT2D eigenvalue weighted by Crippen LogP contribution is -2.10. The van der Waals surface area contributed by atoms with Crippen molar-refractivity contribution in [2.75, 3.05) is 6.61 Å². The van der Waals surface area contributed by atoms with Crippen LogP contribution in [0.15, 0.2) is 42.7 Å². The molecule has 0 unspecified atom stereocenters. The highest BCUT2D eigenvalue weighted by atomic mass is 16.6. The number of hydrogen-bond acceptors (Lipinski definition) is 5. The standard InChI is InChI=1S/C15H13NO4/c1-2-19-14-8-11(10-17)5-6-13(14)20-15(18)12-4-3-7-16-9-12/h3-10H,2H2,1H3. The van der Waals surface area contributed by atoms with Crippen molar-refractivity contribution in [3.05, 3.63) is 53.9 Å². The van der Waals surface area contributed by atoms with E-state index in [0.717, 1.165) is 0 Å². The van der Waals surface area contributed by atoms with E-state index in [2.05, 4.69) is 4.98 Å². The van der Waals surface area contributed by atoms with Gasteiger partial charge in [0.2, 0.25) is 0 Å². The smallest absolute Gasteiger partial charge is 0.345 e. The minimum atomic E-state index is -0.530. The molecule has 0 fully saturated rings. The Hall–Kier alpha value is -2.69. The fraction of sp³-hybridized carbons (Fsp3) is 0.133. The van der Waals surface area contributed by atoms with Crippen LogP contribution in [-0.2, 0) is 0 Å². The highest BCUT2D eigenvalue weighted by Gasteiger charge is 2.13. The van der Waals surface area contributed by atoms with Gasteiger partial charge >= 0.3 is 5.97 Å². The summed E-state index contributed by atoms with van der Waals surface area (Å²) in [6, 6.07) is 7.87. The second kappa shape index (κ2) is 6.47. The Morgan fingerprint density at radius 1 is 1.30 bits per heavy atom. The van der Waals surface area contributed by atoms with Crippen LogP contribution >= 0.6 is 0 Å². The van der Waals surface area contributed by atoms with Gasteiger partial charge < -0.3 is 9.47 Å². The second-order valence-corrected chi connectivity index (χ2v) is 3.89. The molecule has 20 heavy (non-hydrogen) atoms. The Balaban J connectivity index is 2.24. The molecule has 0 aliphatic rings. The summed E-state index contributed by atoms with van der Waals surface area (Å²) in [6.07, 6.45) is 3.69. The number of esters is 1. The normalized spacial score (nSPS) is 9.85. The lowest BCUT2D eigenvalue weighted by atomic mass is 10.2. The van der Waals surface area contributed by atoms with E-state index in [1.165, 1.54) is 18.3 Å². The Morgan fingerprint density at radius 2 is 2.15 bits per heavy atom. The SMILES string of the molecule is CCOc1cc(C=O)ccc1OC(=O)c1cccnc1. The quantitative estimate of drug-likeness (QED) is 0.475. The summed E-state index contributed by atoms with van der Waals surface area (Å²) < 4.78 is 10.6. The van der Waals surface area contributed by atoms with Crippen LogP contribution in [0.1, 0.15) is 27.6 Å². The number of carbonyl (C=O) groups is 2. The molecule has 2 rings (SSSR count). The first-order valence-corrected chi connectivity index (χ1v) is 6.09. The van der Waals surface area contributed by atoms with Gasteiger partial charge in [0.15, 0.2) is 11.5 Å². The van der Waals surface area contributed by atoms with E-state index in [9.17, 15) is 9.59 Å². The lowest BCUT2D eigenvalue weighted by molar-refractivity contribution is 0.0728. The Kier molecular flexibility index (Phi) is 4.44. The summed E-state index contributed by atoms with van der Waals surface area (Å²) in [5, 5.41) is 0. The number of carbonyl (C=O) groups excluding carboxylic acids is 2. The molecule has 0 aliphatic heterocycles. The van der Waals surface area contributed by atoms with E-state index in [4.69, 9.17) is 9.47 Å². The molecule has 102 valence electrons. The van der Waals surface area contributed by atoms with Gasteiger partial charge in [0.05, 0.1) is 12.2 Å². The van der Waals surface area contributed by atoms with Crippen molar-refractivity contribution in [3.63, 3.8) is 0 Å². The summed E-state index contributed by atoms with van der Waals surface area (Å²) in [4.78, 5) is 26.5. The van der Waals surface area contributed by atoms with Crippen molar-refractivity contribution >= 4 is 12.3 Å². The molecule has 0 radical (unpaired) electrons. The van der Waals surface area contributed by atoms with Gasteiger partial charge in [-0.3, -0.25) is 9.78 Å². The summed E-state index contributed by atoms with van der Waals surface area (Å²) in [5.74, 6) is 0.0959. The number of pyridine rings is 1. The van der Waals surface area contributed by atoms with Gasteiger partial charge in [0.1, 0.15) is 6.29 Å². The zero-order valence-electron chi connectivity index (χ0n) is 10.9. The molecule has 0 bridgehead atoms. The topological polar surface area (TPSA) is 65.5 Å². The number of ether oxygens (including phenoxy) is 2. The van der Waals surface area contributed by atoms with E-state index in [-0.39, 0.29) is 5.75 Å². The van der Waals surface area contributed by atoms with Crippen LogP contribution in [0.2, 0.25) is 0 Å². The molecule has 5 nitrogen and oxygen atoms in total. The zero-order chi connectivity index (χ0) is 14.4. The fourth-order valence-corrected chi connectivity index (χ4v) is 1.59. The molecule has 1 aromatic carbocycles. The van der Waals surface area contributed by atoms with Gasteiger partial charge in [-0.05, 0) is 37.3 Å². The van der Waals surface area contributed by atoms with Gasteiger partial charge in [0.25, 0.3) is 0 Å². The highest BCUT2D eigenvalue weighted by molar-refractivity contribution is 5.91. The molecule has 1 aromatic heterocycles. The molecule has 0 spiro atoms. The van der Waals surface area contributed by atoms with Crippen LogP contribution in [0.5, 0.6) is 11.5 Å². The maximum atomic E-state index is 11.9. The van der Waals surface area contributed by atoms with Crippen LogP contribution in [0.4, 0.5) is 0 Å². The van der Waals surface area contributed by atoms with Crippen molar-refractivity contribution in [2.45, 2.75) is 6.92 Å². The first-order valence-electron chi connectivity index (χ1n) is 6.09. The van der Waals surface area contributed by atoms with E-state index in [0.29, 0.717) is 29.8 Å². The predicted molar refractivity (Wildman–Crippen MR) is 72.2 cm³/mol. The Morgan fingerprint density at radius 3 is 2.80 bits per heavy atom. The molecule has 0 atom stereocenters. The largest absolute Gasteiger partial charge is 0.490 e. The van der Waals surface area contributed by atoms with E-state index >= 15 is 0 Å². The molecular weight excluding hydrogens is 258 g/mol. The van der Waals surface area contributed by atoms with Gasteiger partial charge in [-0.1, -0.05) is 0 Å². The predicted octanol–water partition coefficient (Wildman–Crippen LogP) is 2.51. The maximum Gasteiger partial charge on any atom is 0.345 e. The zero-order valence-corrected chi connectivity index (χ0v) is 10.9. The molecule has 0 aliphatic carbocycles. The third kappa shape index (κ3) is 3.20. The molecule has 0 amide bonds. The van der Waals surface area contributed by atoms with Crippen LogP contribution < -0.4 is 9.47 Å². The molecule has 2 aromatic rings. The molecular formula is C15H13NO4. The molecule has 1 heterocycles. The third-order valence-corrected chi connectivity index (χ3v) is 2.50. The molecule has 0 saturated carbocycles. The molecule has 0 saturated heterocycles. The van der Waals surface area contributed by atoms with Crippen molar-refractivity contribution < 1.29 is 19.1 Å². The number of nitrogens with zero attached hydrogens (tertiary/aromatic N) is 1. The second-order valence-electron chi connectivity index (χ2n) is 3.89. The minimum Gasteiger partial charge on any atom is -0.490 e. The number of rotatable bonds is 5. The Labute approximate surface area is 116 Å². The van der Waals surface area contributed by atoms with Gasteiger partial charge in [0, 0.05) is 18.0 Å². The van der Waals surface area contributed by atoms with E-state index in [1.54, 1.807) is 31.3 Å². The average molecular weight is 271 g/mol. The van der Waals surface area contributed by atoms with Gasteiger partial charge in [-0.25, -0.2) is 4.79 Å². The first kappa shape index (κ1) is 13.7. The van der Waals surface area contributed by atoms with Crippen LogP contribution in [-0.4, -0.2) is 23.8 Å². The van der Waals surface area contributed by atoms with Gasteiger partial charge in [-0.15, -0.1) is 0 Å². The summed E-state index contributed by atoms with van der Waals surface area (Å²) >= 11 is 0. The minimum absolute atomic E-state index is 0.270. The van der Waals surface area contributed by atoms with Crippen LogP contribution in [0.25, 0.3) is 0 Å². The average Bonchev–Trinajstić information content (AvgIpc) is 2.50. The summed E-state index contributed by atoms with van der Waals surface area (Å²) in [6.45, 7) is 2.21. The Bertz CT molecular complexity index is 611. The van der Waals surface area contributed by atoms with Crippen molar-refractivity contribution in [3.8, 4) is 11.5 Å². The number of aldehydes is 1. The summed E-state index contributed by atoms with van der Waals surface area (Å²) in [5.41, 5.74) is 0.795. The van der Waals surface area contributed by atoms with Crippen molar-refractivity contribution in [1.82, 2.24) is 4.98 Å². The monoisotopic (exact) mass is 271 g/mol. The lowest BCUT2D eigenvalue weighted by Gasteiger charge is -2.10. The maximum absolute atomic E-state index is 11.9. The summed E-state index contributed by atoms with van der Waals surface area (Å²) in [7, 11) is 0. The van der Waals surface area contributed by atoms with E-state index in [1.807, 2.05) is 0 Å². The highest BCUT2D eigenvalue weighted by Crippen LogP contribution is 2.28.